The summed E-state index contributed by atoms with van der Waals surface area (Å²) >= 11 is 0. The van der Waals surface area contributed by atoms with Crippen molar-refractivity contribution >= 4 is 12.3 Å². The second-order valence-electron chi connectivity index (χ2n) is 8.36. The minimum absolute atomic E-state index is 0.0120. The summed E-state index contributed by atoms with van der Waals surface area (Å²) in [6, 6.07) is 20.5. The largest absolute Gasteiger partial charge is 0.444 e. The predicted octanol–water partition coefficient (Wildman–Crippen LogP) is 5.65. The standard InChI is InChI=1S/C24H30N2O2/c1-24(2,3)28-23(27)26-15-14-20(16-22(26)21-12-8-5-9-13-21)18-25-17-19-10-6-4-7-11-19/h4-13,18,20,22H,14-17H2,1-3H3/t20?,22-/m1/s1. The van der Waals surface area contributed by atoms with E-state index in [1.54, 1.807) is 0 Å². The van der Waals surface area contributed by atoms with Crippen LogP contribution in [0.3, 0.4) is 0 Å². The van der Waals surface area contributed by atoms with Gasteiger partial charge in [-0.3, -0.25) is 4.99 Å². The molecule has 1 unspecified atom stereocenters. The van der Waals surface area contributed by atoms with Crippen LogP contribution >= 0.6 is 0 Å². The van der Waals surface area contributed by atoms with Crippen LogP contribution in [0, 0.1) is 5.92 Å². The number of rotatable bonds is 4. The fourth-order valence-electron chi connectivity index (χ4n) is 3.55. The lowest BCUT2D eigenvalue weighted by atomic mass is 9.88. The Morgan fingerprint density at radius 2 is 1.75 bits per heavy atom. The van der Waals surface area contributed by atoms with E-state index < -0.39 is 5.60 Å². The molecule has 1 aliphatic heterocycles. The molecule has 4 heteroatoms. The lowest BCUT2D eigenvalue weighted by molar-refractivity contribution is 0.00730. The Balaban J connectivity index is 1.71. The molecule has 2 atom stereocenters. The first-order valence-electron chi connectivity index (χ1n) is 10.0. The zero-order valence-corrected chi connectivity index (χ0v) is 17.0. The summed E-state index contributed by atoms with van der Waals surface area (Å²) in [5, 5.41) is 0. The molecule has 2 aromatic carbocycles. The van der Waals surface area contributed by atoms with Gasteiger partial charge in [0, 0.05) is 12.8 Å². The van der Waals surface area contributed by atoms with Crippen LogP contribution in [0.1, 0.15) is 50.8 Å². The zero-order chi connectivity index (χ0) is 20.0. The van der Waals surface area contributed by atoms with Gasteiger partial charge < -0.3 is 9.64 Å². The van der Waals surface area contributed by atoms with Crippen molar-refractivity contribution in [1.29, 1.82) is 0 Å². The molecule has 0 N–H and O–H groups in total. The van der Waals surface area contributed by atoms with Gasteiger partial charge in [-0.25, -0.2) is 4.79 Å². The maximum absolute atomic E-state index is 12.8. The number of hydrogen-bond acceptors (Lipinski definition) is 3. The van der Waals surface area contributed by atoms with E-state index >= 15 is 0 Å². The highest BCUT2D eigenvalue weighted by Crippen LogP contribution is 2.34. The van der Waals surface area contributed by atoms with E-state index in [1.807, 2.05) is 62.1 Å². The molecule has 2 aromatic rings. The van der Waals surface area contributed by atoms with Gasteiger partial charge in [0.25, 0.3) is 0 Å². The Labute approximate surface area is 168 Å². The molecule has 0 bridgehead atoms. The van der Waals surface area contributed by atoms with Crippen LogP contribution in [-0.2, 0) is 11.3 Å². The van der Waals surface area contributed by atoms with Crippen molar-refractivity contribution in [3.8, 4) is 0 Å². The molecule has 1 saturated heterocycles. The lowest BCUT2D eigenvalue weighted by Crippen LogP contribution is -2.44. The highest BCUT2D eigenvalue weighted by Gasteiger charge is 2.34. The first-order valence-corrected chi connectivity index (χ1v) is 10.0. The van der Waals surface area contributed by atoms with Crippen molar-refractivity contribution in [3.05, 3.63) is 71.8 Å². The van der Waals surface area contributed by atoms with Crippen LogP contribution in [0.2, 0.25) is 0 Å². The van der Waals surface area contributed by atoms with E-state index in [0.29, 0.717) is 19.0 Å². The molecule has 28 heavy (non-hydrogen) atoms. The second kappa shape index (κ2) is 9.05. The molecular weight excluding hydrogens is 348 g/mol. The Bertz CT molecular complexity index is 781. The molecule has 4 nitrogen and oxygen atoms in total. The number of aliphatic imine (C=N–C) groups is 1. The fraction of sp³-hybridized carbons (Fsp3) is 0.417. The number of likely N-dealkylation sites (tertiary alicyclic amines) is 1. The zero-order valence-electron chi connectivity index (χ0n) is 17.0. The number of piperidine rings is 1. The molecule has 1 amide bonds. The van der Waals surface area contributed by atoms with Crippen LogP contribution < -0.4 is 0 Å². The Hall–Kier alpha value is -2.62. The van der Waals surface area contributed by atoms with Crippen LogP contribution in [0.5, 0.6) is 0 Å². The van der Waals surface area contributed by atoms with Crippen molar-refractivity contribution in [3.63, 3.8) is 0 Å². The number of nitrogens with zero attached hydrogens (tertiary/aromatic N) is 2. The normalized spacial score (nSPS) is 20.3. The van der Waals surface area contributed by atoms with E-state index in [9.17, 15) is 4.79 Å². The summed E-state index contributed by atoms with van der Waals surface area (Å²) in [7, 11) is 0. The molecule has 0 aliphatic carbocycles. The molecule has 1 heterocycles. The van der Waals surface area contributed by atoms with Crippen molar-refractivity contribution in [2.75, 3.05) is 6.54 Å². The molecular formula is C24H30N2O2. The summed E-state index contributed by atoms with van der Waals surface area (Å²) in [5.74, 6) is 0.354. The average molecular weight is 379 g/mol. The topological polar surface area (TPSA) is 41.9 Å². The number of ether oxygens (including phenoxy) is 1. The van der Waals surface area contributed by atoms with E-state index in [4.69, 9.17) is 4.74 Å². The smallest absolute Gasteiger partial charge is 0.410 e. The van der Waals surface area contributed by atoms with Crippen LogP contribution in [-0.4, -0.2) is 29.4 Å². The third-order valence-electron chi connectivity index (χ3n) is 4.89. The summed E-state index contributed by atoms with van der Waals surface area (Å²) < 4.78 is 5.66. The fourth-order valence-corrected chi connectivity index (χ4v) is 3.55. The van der Waals surface area contributed by atoms with Gasteiger partial charge in [0.05, 0.1) is 12.6 Å². The summed E-state index contributed by atoms with van der Waals surface area (Å²) in [6.45, 7) is 7.10. The monoisotopic (exact) mass is 378 g/mol. The summed E-state index contributed by atoms with van der Waals surface area (Å²) in [4.78, 5) is 19.3. The van der Waals surface area contributed by atoms with Gasteiger partial charge in [0.15, 0.2) is 0 Å². The molecule has 1 aliphatic rings. The maximum Gasteiger partial charge on any atom is 0.410 e. The van der Waals surface area contributed by atoms with Gasteiger partial charge in [-0.05, 0) is 50.7 Å². The maximum atomic E-state index is 12.8. The number of benzene rings is 2. The Morgan fingerprint density at radius 1 is 1.11 bits per heavy atom. The SMILES string of the molecule is CC(C)(C)OC(=O)N1CCC(C=NCc2ccccc2)C[C@@H]1c1ccccc1. The van der Waals surface area contributed by atoms with Gasteiger partial charge in [0.1, 0.15) is 5.60 Å². The third kappa shape index (κ3) is 5.69. The van der Waals surface area contributed by atoms with Crippen molar-refractivity contribution in [1.82, 2.24) is 4.90 Å². The summed E-state index contributed by atoms with van der Waals surface area (Å²) in [6.07, 6.45) is 3.61. The van der Waals surface area contributed by atoms with E-state index in [2.05, 4.69) is 35.5 Å². The van der Waals surface area contributed by atoms with Crippen LogP contribution in [0.4, 0.5) is 4.79 Å². The van der Waals surface area contributed by atoms with Gasteiger partial charge in [-0.2, -0.15) is 0 Å². The van der Waals surface area contributed by atoms with Gasteiger partial charge in [-0.15, -0.1) is 0 Å². The average Bonchev–Trinajstić information content (AvgIpc) is 2.68. The highest BCUT2D eigenvalue weighted by molar-refractivity contribution is 5.70. The van der Waals surface area contributed by atoms with Crippen LogP contribution in [0.25, 0.3) is 0 Å². The van der Waals surface area contributed by atoms with Gasteiger partial charge >= 0.3 is 6.09 Å². The van der Waals surface area contributed by atoms with Crippen molar-refractivity contribution < 1.29 is 9.53 Å². The van der Waals surface area contributed by atoms with Crippen molar-refractivity contribution in [2.45, 2.75) is 51.8 Å². The Morgan fingerprint density at radius 3 is 2.39 bits per heavy atom. The van der Waals surface area contributed by atoms with E-state index in [0.717, 1.165) is 18.4 Å². The molecule has 0 spiro atoms. The van der Waals surface area contributed by atoms with Crippen molar-refractivity contribution in [2.24, 2.45) is 10.9 Å². The highest BCUT2D eigenvalue weighted by atomic mass is 16.6. The Kier molecular flexibility index (Phi) is 6.50. The second-order valence-corrected chi connectivity index (χ2v) is 8.36. The molecule has 0 aromatic heterocycles. The first kappa shape index (κ1) is 20.1. The lowest BCUT2D eigenvalue weighted by Gasteiger charge is -2.39. The molecule has 3 rings (SSSR count). The molecule has 0 radical (unpaired) electrons. The third-order valence-corrected chi connectivity index (χ3v) is 4.89. The van der Waals surface area contributed by atoms with Gasteiger partial charge in [0.2, 0.25) is 0 Å². The van der Waals surface area contributed by atoms with Crippen LogP contribution in [0.15, 0.2) is 65.7 Å². The number of hydrogen-bond donors (Lipinski definition) is 0. The first-order chi connectivity index (χ1) is 13.4. The number of carbonyl (C=O) groups is 1. The number of carbonyl (C=O) groups excluding carboxylic acids is 1. The van der Waals surface area contributed by atoms with E-state index in [-0.39, 0.29) is 12.1 Å². The quantitative estimate of drug-likeness (QED) is 0.646. The summed E-state index contributed by atoms with van der Waals surface area (Å²) in [5.41, 5.74) is 1.87. The van der Waals surface area contributed by atoms with Gasteiger partial charge in [-0.1, -0.05) is 60.7 Å². The minimum atomic E-state index is -0.494. The predicted molar refractivity (Wildman–Crippen MR) is 113 cm³/mol. The molecule has 0 saturated carbocycles. The number of amides is 1. The molecule has 1 fully saturated rings. The minimum Gasteiger partial charge on any atom is -0.444 e. The molecule has 148 valence electrons. The van der Waals surface area contributed by atoms with E-state index in [1.165, 1.54) is 5.56 Å².